The molecule has 1 aliphatic carbocycles. The number of aryl methyl sites for hydroxylation is 2. The number of nitrogen functional groups attached to an aromatic ring is 1. The molecule has 3 rings (SSSR count). The van der Waals surface area contributed by atoms with Gasteiger partial charge in [-0.1, -0.05) is 6.07 Å². The topological polar surface area (TPSA) is 90.0 Å². The zero-order valence-corrected chi connectivity index (χ0v) is 13.8. The van der Waals surface area contributed by atoms with Crippen molar-refractivity contribution < 1.29 is 8.42 Å². The van der Waals surface area contributed by atoms with E-state index in [1.807, 2.05) is 18.2 Å². The fourth-order valence-corrected chi connectivity index (χ4v) is 4.20. The van der Waals surface area contributed by atoms with Gasteiger partial charge in [-0.25, -0.2) is 13.1 Å². The molecule has 0 fully saturated rings. The molecule has 1 heterocycles. The summed E-state index contributed by atoms with van der Waals surface area (Å²) in [7, 11) is -1.97. The molecular formula is C14H19ClN4O2S. The van der Waals surface area contributed by atoms with Crippen molar-refractivity contribution in [2.24, 2.45) is 7.05 Å². The maximum atomic E-state index is 12.5. The molecule has 22 heavy (non-hydrogen) atoms. The number of fused-ring (bicyclic) bond motifs is 1. The lowest BCUT2D eigenvalue weighted by Gasteiger charge is -2.26. The van der Waals surface area contributed by atoms with Gasteiger partial charge in [-0.15, -0.1) is 12.4 Å². The highest BCUT2D eigenvalue weighted by atomic mass is 35.5. The molecule has 0 amide bonds. The van der Waals surface area contributed by atoms with Gasteiger partial charge in [0, 0.05) is 18.8 Å². The fraction of sp³-hybridized carbons (Fsp3) is 0.357. The second-order valence-electron chi connectivity index (χ2n) is 5.32. The van der Waals surface area contributed by atoms with Gasteiger partial charge in [0.15, 0.2) is 5.03 Å². The van der Waals surface area contributed by atoms with E-state index in [2.05, 4.69) is 9.82 Å². The molecule has 3 N–H and O–H groups in total. The van der Waals surface area contributed by atoms with E-state index in [-0.39, 0.29) is 23.5 Å². The number of nitrogens with zero attached hydrogens (tertiary/aromatic N) is 2. The Morgan fingerprint density at radius 2 is 2.14 bits per heavy atom. The Balaban J connectivity index is 0.00000176. The first-order chi connectivity index (χ1) is 9.97. The van der Waals surface area contributed by atoms with E-state index in [1.54, 1.807) is 7.05 Å². The SMILES string of the molecule is Cl.Cn1nccc1S(=O)(=O)NC1CCCc2cc(N)ccc21. The number of anilines is 1. The third-order valence-electron chi connectivity index (χ3n) is 3.83. The molecule has 2 aromatic rings. The molecule has 1 atom stereocenters. The molecule has 8 heteroatoms. The minimum absolute atomic E-state index is 0. The van der Waals surface area contributed by atoms with E-state index in [4.69, 9.17) is 5.73 Å². The number of halogens is 1. The lowest BCUT2D eigenvalue weighted by atomic mass is 9.88. The Labute approximate surface area is 136 Å². The average Bonchev–Trinajstić information content (AvgIpc) is 2.85. The van der Waals surface area contributed by atoms with Crippen LogP contribution in [0, 0.1) is 0 Å². The maximum absolute atomic E-state index is 12.5. The summed E-state index contributed by atoms with van der Waals surface area (Å²) in [5, 5.41) is 4.08. The Morgan fingerprint density at radius 1 is 1.36 bits per heavy atom. The standard InChI is InChI=1S/C14H18N4O2S.ClH/c1-18-14(7-8-16-18)21(19,20)17-13-4-2-3-10-9-11(15)5-6-12(10)13;/h5-9,13,17H,2-4,15H2,1H3;1H. The van der Waals surface area contributed by atoms with Crippen molar-refractivity contribution in [3.05, 3.63) is 41.6 Å². The third kappa shape index (κ3) is 3.11. The van der Waals surface area contributed by atoms with Crippen LogP contribution < -0.4 is 10.5 Å². The minimum Gasteiger partial charge on any atom is -0.399 e. The molecule has 0 spiro atoms. The van der Waals surface area contributed by atoms with Gasteiger partial charge in [0.25, 0.3) is 10.0 Å². The van der Waals surface area contributed by atoms with Crippen LogP contribution in [0.15, 0.2) is 35.5 Å². The van der Waals surface area contributed by atoms with Crippen LogP contribution in [0.1, 0.15) is 30.0 Å². The highest BCUT2D eigenvalue weighted by Crippen LogP contribution is 2.32. The Bertz CT molecular complexity index is 773. The molecule has 0 aliphatic heterocycles. The van der Waals surface area contributed by atoms with Gasteiger partial charge in [-0.2, -0.15) is 5.10 Å². The number of nitrogens with one attached hydrogen (secondary N) is 1. The number of sulfonamides is 1. The Kier molecular flexibility index (Phi) is 4.79. The second-order valence-corrected chi connectivity index (χ2v) is 6.98. The van der Waals surface area contributed by atoms with Crippen LogP contribution in [-0.4, -0.2) is 18.2 Å². The van der Waals surface area contributed by atoms with E-state index in [0.717, 1.165) is 30.4 Å². The summed E-state index contributed by atoms with van der Waals surface area (Å²) in [6.07, 6.45) is 4.14. The highest BCUT2D eigenvalue weighted by Gasteiger charge is 2.27. The molecule has 0 bridgehead atoms. The number of benzene rings is 1. The molecule has 1 unspecified atom stereocenters. The number of aromatic nitrogens is 2. The molecule has 0 saturated carbocycles. The van der Waals surface area contributed by atoms with Crippen LogP contribution in [0.2, 0.25) is 0 Å². The normalized spacial score (nSPS) is 17.6. The number of nitrogens with two attached hydrogens (primary N) is 1. The van der Waals surface area contributed by atoms with Gasteiger partial charge < -0.3 is 5.73 Å². The Hall–Kier alpha value is -1.57. The number of rotatable bonds is 3. The quantitative estimate of drug-likeness (QED) is 0.832. The number of hydrogen-bond donors (Lipinski definition) is 2. The zero-order valence-electron chi connectivity index (χ0n) is 12.2. The van der Waals surface area contributed by atoms with Crippen LogP contribution in [0.5, 0.6) is 0 Å². The summed E-state index contributed by atoms with van der Waals surface area (Å²) < 4.78 is 29.1. The van der Waals surface area contributed by atoms with E-state index in [0.29, 0.717) is 5.69 Å². The van der Waals surface area contributed by atoms with E-state index >= 15 is 0 Å². The van der Waals surface area contributed by atoms with Crippen molar-refractivity contribution in [1.29, 1.82) is 0 Å². The highest BCUT2D eigenvalue weighted by molar-refractivity contribution is 7.89. The smallest absolute Gasteiger partial charge is 0.258 e. The molecule has 1 aromatic heterocycles. The summed E-state index contributed by atoms with van der Waals surface area (Å²) in [6, 6.07) is 6.94. The fourth-order valence-electron chi connectivity index (χ4n) is 2.83. The van der Waals surface area contributed by atoms with Crippen LogP contribution in [0.4, 0.5) is 5.69 Å². The lowest BCUT2D eigenvalue weighted by Crippen LogP contribution is -2.32. The summed E-state index contributed by atoms with van der Waals surface area (Å²) in [4.78, 5) is 0. The summed E-state index contributed by atoms with van der Waals surface area (Å²) >= 11 is 0. The van der Waals surface area contributed by atoms with Gasteiger partial charge in [-0.05, 0) is 48.6 Å². The second kappa shape index (κ2) is 6.28. The molecule has 0 radical (unpaired) electrons. The summed E-state index contributed by atoms with van der Waals surface area (Å²) in [5.41, 5.74) is 8.65. The van der Waals surface area contributed by atoms with Crippen LogP contribution in [-0.2, 0) is 23.5 Å². The number of hydrogen-bond acceptors (Lipinski definition) is 4. The van der Waals surface area contributed by atoms with Crippen LogP contribution in [0.3, 0.4) is 0 Å². The first kappa shape index (κ1) is 16.8. The van der Waals surface area contributed by atoms with Crippen LogP contribution in [0.25, 0.3) is 0 Å². The van der Waals surface area contributed by atoms with Crippen molar-refractivity contribution in [2.45, 2.75) is 30.3 Å². The third-order valence-corrected chi connectivity index (χ3v) is 5.38. The van der Waals surface area contributed by atoms with Crippen LogP contribution >= 0.6 is 12.4 Å². The first-order valence-corrected chi connectivity index (χ1v) is 8.34. The first-order valence-electron chi connectivity index (χ1n) is 6.86. The van der Waals surface area contributed by atoms with Gasteiger partial charge in [-0.3, -0.25) is 4.68 Å². The van der Waals surface area contributed by atoms with Crippen molar-refractivity contribution in [3.8, 4) is 0 Å². The summed E-state index contributed by atoms with van der Waals surface area (Å²) in [5.74, 6) is 0. The molecule has 120 valence electrons. The van der Waals surface area contributed by atoms with E-state index in [9.17, 15) is 8.42 Å². The largest absolute Gasteiger partial charge is 0.399 e. The Morgan fingerprint density at radius 3 is 2.82 bits per heavy atom. The summed E-state index contributed by atoms with van der Waals surface area (Å²) in [6.45, 7) is 0. The predicted molar refractivity (Wildman–Crippen MR) is 87.3 cm³/mol. The van der Waals surface area contributed by atoms with Crippen molar-refractivity contribution in [3.63, 3.8) is 0 Å². The van der Waals surface area contributed by atoms with Gasteiger partial charge >= 0.3 is 0 Å². The predicted octanol–water partition coefficient (Wildman–Crippen LogP) is 1.78. The monoisotopic (exact) mass is 342 g/mol. The zero-order chi connectivity index (χ0) is 15.0. The van der Waals surface area contributed by atoms with Crippen molar-refractivity contribution in [2.75, 3.05) is 5.73 Å². The van der Waals surface area contributed by atoms with Gasteiger partial charge in [0.2, 0.25) is 0 Å². The molecule has 1 aliphatic rings. The van der Waals surface area contributed by atoms with Gasteiger partial charge in [0.05, 0.1) is 6.20 Å². The molecule has 0 saturated heterocycles. The molecular weight excluding hydrogens is 324 g/mol. The maximum Gasteiger partial charge on any atom is 0.258 e. The average molecular weight is 343 g/mol. The lowest BCUT2D eigenvalue weighted by molar-refractivity contribution is 0.501. The molecule has 1 aromatic carbocycles. The van der Waals surface area contributed by atoms with Crippen molar-refractivity contribution in [1.82, 2.24) is 14.5 Å². The minimum atomic E-state index is -3.58. The van der Waals surface area contributed by atoms with Crippen molar-refractivity contribution >= 4 is 28.1 Å². The van der Waals surface area contributed by atoms with E-state index < -0.39 is 10.0 Å². The van der Waals surface area contributed by atoms with Gasteiger partial charge in [0.1, 0.15) is 0 Å². The van der Waals surface area contributed by atoms with E-state index in [1.165, 1.54) is 16.9 Å². The molecule has 6 nitrogen and oxygen atoms in total.